The second kappa shape index (κ2) is 6.67. The summed E-state index contributed by atoms with van der Waals surface area (Å²) in [5.41, 5.74) is 0.0451. The van der Waals surface area contributed by atoms with Crippen LogP contribution >= 0.6 is 0 Å². The van der Waals surface area contributed by atoms with Crippen LogP contribution < -0.4 is 9.47 Å². The molecule has 1 aromatic rings. The van der Waals surface area contributed by atoms with Crippen molar-refractivity contribution in [2.75, 3.05) is 40.4 Å². The predicted molar refractivity (Wildman–Crippen MR) is 89.6 cm³/mol. The van der Waals surface area contributed by atoms with Crippen molar-refractivity contribution in [3.8, 4) is 11.5 Å². The van der Waals surface area contributed by atoms with Gasteiger partial charge in [0.05, 0.1) is 14.2 Å². The molecule has 23 heavy (non-hydrogen) atoms. The third-order valence-electron chi connectivity index (χ3n) is 4.18. The minimum absolute atomic E-state index is 0.0451. The molecule has 0 atom stereocenters. The van der Waals surface area contributed by atoms with E-state index in [2.05, 4.69) is 25.7 Å². The van der Waals surface area contributed by atoms with Crippen LogP contribution in [0.5, 0.6) is 11.5 Å². The lowest BCUT2D eigenvalue weighted by atomic mass is 10.1. The van der Waals surface area contributed by atoms with Crippen LogP contribution in [0, 0.1) is 0 Å². The van der Waals surface area contributed by atoms with Gasteiger partial charge in [-0.2, -0.15) is 4.31 Å². The van der Waals surface area contributed by atoms with E-state index in [0.29, 0.717) is 24.6 Å². The van der Waals surface area contributed by atoms with E-state index in [1.165, 1.54) is 24.6 Å². The minimum Gasteiger partial charge on any atom is -0.497 e. The van der Waals surface area contributed by atoms with Gasteiger partial charge in [0, 0.05) is 37.8 Å². The number of hydrogen-bond donors (Lipinski definition) is 0. The van der Waals surface area contributed by atoms with E-state index in [0.717, 1.165) is 13.1 Å². The molecule has 7 heteroatoms. The largest absolute Gasteiger partial charge is 0.497 e. The topological polar surface area (TPSA) is 59.1 Å². The summed E-state index contributed by atoms with van der Waals surface area (Å²) in [6, 6.07) is 4.83. The van der Waals surface area contributed by atoms with Gasteiger partial charge in [0.15, 0.2) is 0 Å². The van der Waals surface area contributed by atoms with Gasteiger partial charge in [0.25, 0.3) is 0 Å². The molecule has 1 aliphatic heterocycles. The van der Waals surface area contributed by atoms with Crippen LogP contribution in [0.2, 0.25) is 0 Å². The van der Waals surface area contributed by atoms with Gasteiger partial charge >= 0.3 is 0 Å². The molecule has 0 aromatic heterocycles. The van der Waals surface area contributed by atoms with Gasteiger partial charge in [0.1, 0.15) is 16.4 Å². The lowest BCUT2D eigenvalue weighted by molar-refractivity contribution is 0.0921. The molecule has 1 heterocycles. The fourth-order valence-electron chi connectivity index (χ4n) is 2.72. The number of hydrogen-bond acceptors (Lipinski definition) is 5. The number of ether oxygens (including phenoxy) is 2. The highest BCUT2D eigenvalue weighted by atomic mass is 32.2. The molecule has 0 unspecified atom stereocenters. The van der Waals surface area contributed by atoms with Crippen LogP contribution in [-0.2, 0) is 10.0 Å². The smallest absolute Gasteiger partial charge is 0.246 e. The Morgan fingerprint density at radius 3 is 2.09 bits per heavy atom. The maximum Gasteiger partial charge on any atom is 0.246 e. The fraction of sp³-hybridized carbons (Fsp3) is 0.625. The number of methoxy groups -OCH3 is 2. The van der Waals surface area contributed by atoms with Crippen LogP contribution in [0.25, 0.3) is 0 Å². The number of sulfonamides is 1. The molecule has 0 spiro atoms. The molecule has 1 fully saturated rings. The molecule has 1 aromatic carbocycles. The first kappa shape index (κ1) is 18.0. The lowest BCUT2D eigenvalue weighted by Crippen LogP contribution is -2.54. The van der Waals surface area contributed by atoms with Gasteiger partial charge in [-0.1, -0.05) is 0 Å². The van der Waals surface area contributed by atoms with E-state index in [9.17, 15) is 8.42 Å². The molecule has 2 rings (SSSR count). The van der Waals surface area contributed by atoms with Gasteiger partial charge < -0.3 is 9.47 Å². The van der Waals surface area contributed by atoms with Crippen LogP contribution in [-0.4, -0.2) is 63.6 Å². The summed E-state index contributed by atoms with van der Waals surface area (Å²) in [6.45, 7) is 8.80. The monoisotopic (exact) mass is 342 g/mol. The van der Waals surface area contributed by atoms with Crippen molar-refractivity contribution in [3.05, 3.63) is 18.2 Å². The molecule has 1 aliphatic rings. The normalized spacial score (nSPS) is 18.0. The first-order chi connectivity index (χ1) is 10.7. The Morgan fingerprint density at radius 2 is 1.61 bits per heavy atom. The molecule has 1 saturated heterocycles. The highest BCUT2D eigenvalue weighted by molar-refractivity contribution is 7.89. The maximum atomic E-state index is 13.0. The Morgan fingerprint density at radius 1 is 1.00 bits per heavy atom. The molecule has 130 valence electrons. The Balaban J connectivity index is 2.26. The van der Waals surface area contributed by atoms with Gasteiger partial charge in [-0.05, 0) is 32.9 Å². The van der Waals surface area contributed by atoms with Crippen molar-refractivity contribution in [2.24, 2.45) is 0 Å². The van der Waals surface area contributed by atoms with Crippen molar-refractivity contribution in [1.82, 2.24) is 9.21 Å². The van der Waals surface area contributed by atoms with Gasteiger partial charge in [-0.15, -0.1) is 0 Å². The summed E-state index contributed by atoms with van der Waals surface area (Å²) in [5.74, 6) is 0.835. The zero-order valence-corrected chi connectivity index (χ0v) is 15.3. The molecule has 0 N–H and O–H groups in total. The lowest BCUT2D eigenvalue weighted by Gasteiger charge is -2.41. The molecule has 0 bridgehead atoms. The van der Waals surface area contributed by atoms with Crippen molar-refractivity contribution in [3.63, 3.8) is 0 Å². The van der Waals surface area contributed by atoms with Gasteiger partial charge in [-0.3, -0.25) is 4.90 Å². The number of piperazine rings is 1. The number of benzene rings is 1. The summed E-state index contributed by atoms with van der Waals surface area (Å²) in [4.78, 5) is 2.45. The fourth-order valence-corrected chi connectivity index (χ4v) is 4.32. The van der Waals surface area contributed by atoms with Crippen LogP contribution in [0.3, 0.4) is 0 Å². The van der Waals surface area contributed by atoms with Crippen molar-refractivity contribution < 1.29 is 17.9 Å². The maximum absolute atomic E-state index is 13.0. The van der Waals surface area contributed by atoms with E-state index in [1.807, 2.05) is 0 Å². The van der Waals surface area contributed by atoms with Crippen molar-refractivity contribution in [2.45, 2.75) is 31.2 Å². The first-order valence-corrected chi connectivity index (χ1v) is 9.11. The predicted octanol–water partition coefficient (Wildman–Crippen LogP) is 1.81. The quantitative estimate of drug-likeness (QED) is 0.835. The third kappa shape index (κ3) is 3.79. The van der Waals surface area contributed by atoms with E-state index in [-0.39, 0.29) is 10.4 Å². The molecular formula is C16H26N2O4S. The summed E-state index contributed by atoms with van der Waals surface area (Å²) >= 11 is 0. The summed E-state index contributed by atoms with van der Waals surface area (Å²) in [5, 5.41) is 0. The van der Waals surface area contributed by atoms with E-state index < -0.39 is 10.0 Å². The SMILES string of the molecule is COc1ccc(OC)c(S(=O)(=O)N2CCN(C(C)(C)C)CC2)c1. The highest BCUT2D eigenvalue weighted by Crippen LogP contribution is 2.31. The zero-order chi connectivity index (χ0) is 17.3. The van der Waals surface area contributed by atoms with Gasteiger partial charge in [0.2, 0.25) is 10.0 Å². The van der Waals surface area contributed by atoms with Gasteiger partial charge in [-0.25, -0.2) is 8.42 Å². The van der Waals surface area contributed by atoms with Crippen molar-refractivity contribution >= 4 is 10.0 Å². The van der Waals surface area contributed by atoms with Crippen LogP contribution in [0.1, 0.15) is 20.8 Å². The average molecular weight is 342 g/mol. The molecule has 6 nitrogen and oxygen atoms in total. The molecule has 0 saturated carbocycles. The highest BCUT2D eigenvalue weighted by Gasteiger charge is 2.33. The number of rotatable bonds is 4. The Bertz CT molecular complexity index is 645. The summed E-state index contributed by atoms with van der Waals surface area (Å²) in [7, 11) is -0.620. The van der Waals surface area contributed by atoms with E-state index >= 15 is 0 Å². The Hall–Kier alpha value is -1.31. The Labute approximate surface area is 139 Å². The second-order valence-corrected chi connectivity index (χ2v) is 8.49. The standard InChI is InChI=1S/C16H26N2O4S/c1-16(2,3)17-8-10-18(11-9-17)23(19,20)15-12-13(21-4)6-7-14(15)22-5/h6-7,12H,8-11H2,1-5H3. The second-order valence-electron chi connectivity index (χ2n) is 6.58. The van der Waals surface area contributed by atoms with Crippen LogP contribution in [0.4, 0.5) is 0 Å². The third-order valence-corrected chi connectivity index (χ3v) is 6.10. The summed E-state index contributed by atoms with van der Waals surface area (Å²) < 4.78 is 37.8. The number of nitrogens with zero attached hydrogens (tertiary/aromatic N) is 2. The van der Waals surface area contributed by atoms with Crippen molar-refractivity contribution in [1.29, 1.82) is 0 Å². The molecule has 0 aliphatic carbocycles. The van der Waals surface area contributed by atoms with Crippen LogP contribution in [0.15, 0.2) is 23.1 Å². The van der Waals surface area contributed by atoms with E-state index in [4.69, 9.17) is 9.47 Å². The molecular weight excluding hydrogens is 316 g/mol. The summed E-state index contributed by atoms with van der Waals surface area (Å²) in [6.07, 6.45) is 0. The minimum atomic E-state index is -3.60. The average Bonchev–Trinajstić information content (AvgIpc) is 2.53. The van der Waals surface area contributed by atoms with E-state index in [1.54, 1.807) is 12.1 Å². The first-order valence-electron chi connectivity index (χ1n) is 7.67. The zero-order valence-electron chi connectivity index (χ0n) is 14.5. The Kier molecular flexibility index (Phi) is 5.23. The molecule has 0 radical (unpaired) electrons. The molecule has 0 amide bonds.